The number of nitrogens with one attached hydrogen (secondary N) is 1. The zero-order valence-corrected chi connectivity index (χ0v) is 10.3. The highest BCUT2D eigenvalue weighted by Crippen LogP contribution is 2.21. The molecule has 1 saturated heterocycles. The van der Waals surface area contributed by atoms with Gasteiger partial charge < -0.3 is 4.90 Å². The SMILES string of the molecule is CCN1CCC(S(=N)(=O)C(C)C)CC1. The molecule has 0 aromatic carbocycles. The van der Waals surface area contributed by atoms with E-state index in [0.29, 0.717) is 0 Å². The Morgan fingerprint density at radius 1 is 1.43 bits per heavy atom. The normalized spacial score (nSPS) is 25.1. The fraction of sp³-hybridized carbons (Fsp3) is 1.00. The predicted molar refractivity (Wildman–Crippen MR) is 61.1 cm³/mol. The van der Waals surface area contributed by atoms with E-state index in [1.807, 2.05) is 13.8 Å². The van der Waals surface area contributed by atoms with Gasteiger partial charge in [0.25, 0.3) is 0 Å². The van der Waals surface area contributed by atoms with Crippen LogP contribution in [0, 0.1) is 4.78 Å². The minimum atomic E-state index is -2.36. The first-order chi connectivity index (χ1) is 6.48. The highest BCUT2D eigenvalue weighted by Gasteiger charge is 2.28. The molecule has 1 aliphatic rings. The minimum absolute atomic E-state index is 0.000626. The van der Waals surface area contributed by atoms with Crippen LogP contribution >= 0.6 is 0 Å². The Bertz CT molecular complexity index is 264. The maximum Gasteiger partial charge on any atom is 0.0495 e. The van der Waals surface area contributed by atoms with Crippen molar-refractivity contribution in [2.24, 2.45) is 0 Å². The Hall–Kier alpha value is -0.0900. The van der Waals surface area contributed by atoms with Crippen LogP contribution < -0.4 is 0 Å². The third-order valence-electron chi connectivity index (χ3n) is 3.18. The van der Waals surface area contributed by atoms with Gasteiger partial charge in [-0.25, -0.2) is 4.21 Å². The molecule has 0 saturated carbocycles. The minimum Gasteiger partial charge on any atom is -0.304 e. The molecule has 84 valence electrons. The molecule has 0 aromatic rings. The fourth-order valence-corrected chi connectivity index (χ4v) is 3.64. The van der Waals surface area contributed by atoms with E-state index >= 15 is 0 Å². The molecular formula is C10H22N2OS. The monoisotopic (exact) mass is 218 g/mol. The number of hydrogen-bond donors (Lipinski definition) is 1. The number of piperidine rings is 1. The Labute approximate surface area is 87.8 Å². The summed E-state index contributed by atoms with van der Waals surface area (Å²) in [7, 11) is -2.36. The van der Waals surface area contributed by atoms with Crippen molar-refractivity contribution in [2.45, 2.75) is 44.1 Å². The lowest BCUT2D eigenvalue weighted by Crippen LogP contribution is -2.40. The number of likely N-dealkylation sites (tertiary alicyclic amines) is 1. The second kappa shape index (κ2) is 4.62. The average Bonchev–Trinajstić information content (AvgIpc) is 2.17. The summed E-state index contributed by atoms with van der Waals surface area (Å²) < 4.78 is 20.0. The summed E-state index contributed by atoms with van der Waals surface area (Å²) in [5.74, 6) is 0. The molecule has 0 aliphatic carbocycles. The maximum atomic E-state index is 12.1. The molecule has 0 radical (unpaired) electrons. The number of rotatable bonds is 3. The average molecular weight is 218 g/mol. The number of nitrogens with zero attached hydrogens (tertiary/aromatic N) is 1. The van der Waals surface area contributed by atoms with Gasteiger partial charge in [-0.15, -0.1) is 0 Å². The lowest BCUT2D eigenvalue weighted by molar-refractivity contribution is 0.242. The van der Waals surface area contributed by atoms with Crippen molar-refractivity contribution in [3.63, 3.8) is 0 Å². The second-order valence-corrected chi connectivity index (χ2v) is 7.23. The molecule has 1 heterocycles. The zero-order chi connectivity index (χ0) is 10.8. The lowest BCUT2D eigenvalue weighted by Gasteiger charge is -2.33. The molecular weight excluding hydrogens is 196 g/mol. The molecule has 1 aliphatic heterocycles. The van der Waals surface area contributed by atoms with Crippen LogP contribution in [0.4, 0.5) is 0 Å². The zero-order valence-electron chi connectivity index (χ0n) is 9.45. The van der Waals surface area contributed by atoms with Crippen molar-refractivity contribution in [3.8, 4) is 0 Å². The summed E-state index contributed by atoms with van der Waals surface area (Å²) in [6, 6.07) is 0. The molecule has 3 nitrogen and oxygen atoms in total. The molecule has 0 spiro atoms. The van der Waals surface area contributed by atoms with Crippen molar-refractivity contribution in [3.05, 3.63) is 0 Å². The summed E-state index contributed by atoms with van der Waals surface area (Å²) in [4.78, 5) is 2.37. The smallest absolute Gasteiger partial charge is 0.0495 e. The third kappa shape index (κ3) is 2.48. The fourth-order valence-electron chi connectivity index (χ4n) is 1.96. The summed E-state index contributed by atoms with van der Waals surface area (Å²) in [5, 5.41) is 0.131. The largest absolute Gasteiger partial charge is 0.304 e. The van der Waals surface area contributed by atoms with Gasteiger partial charge in [0.15, 0.2) is 0 Å². The van der Waals surface area contributed by atoms with Crippen LogP contribution in [0.3, 0.4) is 0 Å². The first kappa shape index (κ1) is 12.0. The van der Waals surface area contributed by atoms with Gasteiger partial charge in [0.2, 0.25) is 0 Å². The van der Waals surface area contributed by atoms with Gasteiger partial charge in [-0.2, -0.15) is 0 Å². The topological polar surface area (TPSA) is 44.2 Å². The molecule has 14 heavy (non-hydrogen) atoms. The van der Waals surface area contributed by atoms with Gasteiger partial charge in [0, 0.05) is 20.2 Å². The first-order valence-corrected chi connectivity index (χ1v) is 7.15. The highest BCUT2D eigenvalue weighted by molar-refractivity contribution is 7.93. The summed E-state index contributed by atoms with van der Waals surface area (Å²) in [6.45, 7) is 9.07. The van der Waals surface area contributed by atoms with Crippen molar-refractivity contribution in [2.75, 3.05) is 19.6 Å². The molecule has 1 atom stereocenters. The molecule has 0 amide bonds. The Morgan fingerprint density at radius 3 is 2.29 bits per heavy atom. The van der Waals surface area contributed by atoms with Gasteiger partial charge in [0.05, 0.1) is 0 Å². The van der Waals surface area contributed by atoms with E-state index in [1.54, 1.807) is 0 Å². The van der Waals surface area contributed by atoms with E-state index < -0.39 is 9.73 Å². The molecule has 1 N–H and O–H groups in total. The molecule has 1 rings (SSSR count). The van der Waals surface area contributed by atoms with Gasteiger partial charge in [-0.3, -0.25) is 4.78 Å². The van der Waals surface area contributed by atoms with Gasteiger partial charge in [-0.05, 0) is 32.5 Å². The summed E-state index contributed by atoms with van der Waals surface area (Å²) >= 11 is 0. The van der Waals surface area contributed by atoms with E-state index in [0.717, 1.165) is 32.5 Å². The van der Waals surface area contributed by atoms with E-state index in [1.165, 1.54) is 0 Å². The maximum absolute atomic E-state index is 12.1. The van der Waals surface area contributed by atoms with Crippen LogP contribution in [0.25, 0.3) is 0 Å². The molecule has 4 heteroatoms. The summed E-state index contributed by atoms with van der Waals surface area (Å²) in [6.07, 6.45) is 1.88. The van der Waals surface area contributed by atoms with E-state index in [4.69, 9.17) is 4.78 Å². The molecule has 1 fully saturated rings. The van der Waals surface area contributed by atoms with Crippen LogP contribution in [0.5, 0.6) is 0 Å². The van der Waals surface area contributed by atoms with Crippen LogP contribution in [-0.4, -0.2) is 39.2 Å². The van der Waals surface area contributed by atoms with Crippen LogP contribution in [-0.2, 0) is 9.73 Å². The highest BCUT2D eigenvalue weighted by atomic mass is 32.2. The number of hydrogen-bond acceptors (Lipinski definition) is 3. The Morgan fingerprint density at radius 2 is 1.93 bits per heavy atom. The van der Waals surface area contributed by atoms with E-state index in [-0.39, 0.29) is 10.5 Å². The Kier molecular flexibility index (Phi) is 3.95. The van der Waals surface area contributed by atoms with Crippen molar-refractivity contribution in [1.29, 1.82) is 4.78 Å². The van der Waals surface area contributed by atoms with Gasteiger partial charge in [-0.1, -0.05) is 20.8 Å². The van der Waals surface area contributed by atoms with E-state index in [9.17, 15) is 4.21 Å². The van der Waals surface area contributed by atoms with Crippen molar-refractivity contribution >= 4 is 9.73 Å². The van der Waals surface area contributed by atoms with Crippen molar-refractivity contribution < 1.29 is 4.21 Å². The first-order valence-electron chi connectivity index (χ1n) is 5.47. The molecule has 0 bridgehead atoms. The van der Waals surface area contributed by atoms with E-state index in [2.05, 4.69) is 11.8 Å². The summed E-state index contributed by atoms with van der Waals surface area (Å²) in [5.41, 5.74) is 0. The van der Waals surface area contributed by atoms with Crippen LogP contribution in [0.1, 0.15) is 33.6 Å². The Balaban J connectivity index is 2.58. The van der Waals surface area contributed by atoms with Crippen LogP contribution in [0.2, 0.25) is 0 Å². The molecule has 1 unspecified atom stereocenters. The standard InChI is InChI=1S/C10H22N2OS/c1-4-12-7-5-10(6-8-12)14(11,13)9(2)3/h9-11H,4-8H2,1-3H3. The molecule has 0 aromatic heterocycles. The van der Waals surface area contributed by atoms with Gasteiger partial charge >= 0.3 is 0 Å². The van der Waals surface area contributed by atoms with Crippen LogP contribution in [0.15, 0.2) is 0 Å². The predicted octanol–water partition coefficient (Wildman–Crippen LogP) is 1.93. The third-order valence-corrected chi connectivity index (χ3v) is 6.04. The lowest BCUT2D eigenvalue weighted by atomic mass is 10.1. The van der Waals surface area contributed by atoms with Gasteiger partial charge in [0.1, 0.15) is 0 Å². The quantitative estimate of drug-likeness (QED) is 0.786. The second-order valence-electron chi connectivity index (χ2n) is 4.33. The van der Waals surface area contributed by atoms with Crippen molar-refractivity contribution in [1.82, 2.24) is 4.90 Å².